The van der Waals surface area contributed by atoms with E-state index < -0.39 is 43.8 Å². The SMILES string of the molecule is Cc1cn([C@H]2C[C@H](O/C=C(\F)C#N)[C@@H](CO[Si](C)(C)C(C)(C)C)O2)c(=O)[nH]c1=O. The van der Waals surface area contributed by atoms with E-state index in [2.05, 4.69) is 38.8 Å². The number of H-pyrrole nitrogens is 1. The lowest BCUT2D eigenvalue weighted by molar-refractivity contribution is -0.0458. The predicted molar refractivity (Wildman–Crippen MR) is 107 cm³/mol. The van der Waals surface area contributed by atoms with Gasteiger partial charge in [0, 0.05) is 18.2 Å². The van der Waals surface area contributed by atoms with Crippen molar-refractivity contribution in [2.45, 2.75) is 70.7 Å². The van der Waals surface area contributed by atoms with Crippen molar-refractivity contribution in [2.24, 2.45) is 0 Å². The number of allylic oxidation sites excluding steroid dienone is 1. The Hall–Kier alpha value is -2.22. The molecule has 10 heteroatoms. The van der Waals surface area contributed by atoms with Crippen molar-refractivity contribution >= 4 is 8.32 Å². The first kappa shape index (κ1) is 23.1. The van der Waals surface area contributed by atoms with Crippen LogP contribution in [0.15, 0.2) is 27.9 Å². The fraction of sp³-hybridized carbons (Fsp3) is 0.632. The van der Waals surface area contributed by atoms with Gasteiger partial charge in [0.2, 0.25) is 5.83 Å². The van der Waals surface area contributed by atoms with Crippen LogP contribution < -0.4 is 11.2 Å². The van der Waals surface area contributed by atoms with Crippen LogP contribution in [0.1, 0.15) is 39.0 Å². The number of nitriles is 1. The van der Waals surface area contributed by atoms with E-state index in [-0.39, 0.29) is 18.1 Å². The summed E-state index contributed by atoms with van der Waals surface area (Å²) in [6.45, 7) is 12.3. The molecule has 160 valence electrons. The van der Waals surface area contributed by atoms with Crippen LogP contribution >= 0.6 is 0 Å². The highest BCUT2D eigenvalue weighted by Gasteiger charge is 2.42. The number of hydrogen-bond acceptors (Lipinski definition) is 6. The van der Waals surface area contributed by atoms with Crippen LogP contribution in [0.25, 0.3) is 0 Å². The van der Waals surface area contributed by atoms with Crippen LogP contribution in [0, 0.1) is 18.3 Å². The maximum absolute atomic E-state index is 13.2. The average molecular weight is 426 g/mol. The normalized spacial score (nSPS) is 23.1. The summed E-state index contributed by atoms with van der Waals surface area (Å²) in [5.41, 5.74) is -0.704. The van der Waals surface area contributed by atoms with E-state index in [1.165, 1.54) is 16.8 Å². The molecule has 0 saturated carbocycles. The molecule has 1 saturated heterocycles. The Labute approximate surface area is 170 Å². The number of aryl methyl sites for hydroxylation is 1. The summed E-state index contributed by atoms with van der Waals surface area (Å²) < 4.78 is 32.1. The fourth-order valence-electron chi connectivity index (χ4n) is 2.64. The lowest BCUT2D eigenvalue weighted by atomic mass is 10.2. The molecule has 0 radical (unpaired) electrons. The van der Waals surface area contributed by atoms with Crippen LogP contribution in [-0.4, -0.2) is 36.7 Å². The first-order chi connectivity index (χ1) is 13.4. The molecular weight excluding hydrogens is 397 g/mol. The van der Waals surface area contributed by atoms with Gasteiger partial charge in [-0.2, -0.15) is 9.65 Å². The maximum Gasteiger partial charge on any atom is 0.330 e. The van der Waals surface area contributed by atoms with Crippen molar-refractivity contribution in [3.63, 3.8) is 0 Å². The zero-order valence-electron chi connectivity index (χ0n) is 17.6. The number of nitrogens with zero attached hydrogens (tertiary/aromatic N) is 2. The lowest BCUT2D eigenvalue weighted by Crippen LogP contribution is -2.44. The molecule has 0 bridgehead atoms. The van der Waals surface area contributed by atoms with E-state index in [0.717, 1.165) is 6.26 Å². The number of rotatable bonds is 6. The van der Waals surface area contributed by atoms with Crippen molar-refractivity contribution in [3.05, 3.63) is 44.7 Å². The third-order valence-electron chi connectivity index (χ3n) is 5.50. The van der Waals surface area contributed by atoms with E-state index in [1.54, 1.807) is 6.92 Å². The maximum atomic E-state index is 13.2. The van der Waals surface area contributed by atoms with Crippen molar-refractivity contribution in [3.8, 4) is 6.07 Å². The summed E-state index contributed by atoms with van der Waals surface area (Å²) in [6, 6.07) is 1.35. The van der Waals surface area contributed by atoms with Crippen LogP contribution in [0.3, 0.4) is 0 Å². The third-order valence-corrected chi connectivity index (χ3v) is 10.0. The highest BCUT2D eigenvalue weighted by molar-refractivity contribution is 6.74. The molecule has 1 fully saturated rings. The molecule has 3 atom stereocenters. The number of nitrogens with one attached hydrogen (secondary N) is 1. The Bertz CT molecular complexity index is 925. The van der Waals surface area contributed by atoms with Gasteiger partial charge >= 0.3 is 5.69 Å². The minimum absolute atomic E-state index is 0.0128. The molecule has 0 amide bonds. The number of hydrogen-bond donors (Lipinski definition) is 1. The quantitative estimate of drug-likeness (QED) is 0.427. The van der Waals surface area contributed by atoms with Crippen LogP contribution in [-0.2, 0) is 13.9 Å². The molecule has 1 aromatic rings. The molecule has 1 aliphatic rings. The van der Waals surface area contributed by atoms with Crippen molar-refractivity contribution in [1.29, 1.82) is 5.26 Å². The number of aromatic amines is 1. The Morgan fingerprint density at radius 1 is 1.48 bits per heavy atom. The first-order valence-corrected chi connectivity index (χ1v) is 12.3. The second-order valence-corrected chi connectivity index (χ2v) is 13.5. The van der Waals surface area contributed by atoms with E-state index >= 15 is 0 Å². The predicted octanol–water partition coefficient (Wildman–Crippen LogP) is 2.87. The van der Waals surface area contributed by atoms with Gasteiger partial charge in [0.25, 0.3) is 5.56 Å². The van der Waals surface area contributed by atoms with Gasteiger partial charge < -0.3 is 13.9 Å². The third kappa shape index (κ3) is 5.44. The molecule has 2 rings (SSSR count). The van der Waals surface area contributed by atoms with Gasteiger partial charge in [-0.25, -0.2) is 4.79 Å². The highest BCUT2D eigenvalue weighted by Crippen LogP contribution is 2.38. The number of halogens is 1. The van der Waals surface area contributed by atoms with E-state index in [1.807, 2.05) is 0 Å². The average Bonchev–Trinajstić information content (AvgIpc) is 3.03. The molecule has 1 aromatic heterocycles. The van der Waals surface area contributed by atoms with Gasteiger partial charge in [0.1, 0.15) is 30.8 Å². The minimum Gasteiger partial charge on any atom is -0.491 e. The van der Waals surface area contributed by atoms with Crippen LogP contribution in [0.2, 0.25) is 18.1 Å². The number of ether oxygens (including phenoxy) is 2. The molecule has 1 N–H and O–H groups in total. The summed E-state index contributed by atoms with van der Waals surface area (Å²) in [5.74, 6) is -1.06. The van der Waals surface area contributed by atoms with Gasteiger partial charge in [0.05, 0.1) is 6.61 Å². The highest BCUT2D eigenvalue weighted by atomic mass is 28.4. The zero-order chi connectivity index (χ0) is 22.0. The topological polar surface area (TPSA) is 106 Å². The molecule has 0 aromatic carbocycles. The van der Waals surface area contributed by atoms with Crippen LogP contribution in [0.4, 0.5) is 4.39 Å². The standard InChI is InChI=1S/C19H28FN3O5Si/c1-12-9-23(18(25)22-17(12)24)16-7-14(26-10-13(20)8-21)15(28-16)11-27-29(5,6)19(2,3)4/h9-10,14-16H,7,11H2,1-6H3,(H,22,24,25)/b13-10-/t14-,15+,16+/m0/s1. The van der Waals surface area contributed by atoms with Gasteiger partial charge in [-0.3, -0.25) is 14.3 Å². The summed E-state index contributed by atoms with van der Waals surface area (Å²) in [6.07, 6.45) is 0.489. The Morgan fingerprint density at radius 3 is 2.72 bits per heavy atom. The van der Waals surface area contributed by atoms with Gasteiger partial charge in [-0.1, -0.05) is 20.8 Å². The molecule has 1 aliphatic heterocycles. The van der Waals surface area contributed by atoms with Crippen molar-refractivity contribution in [2.75, 3.05) is 6.61 Å². The first-order valence-electron chi connectivity index (χ1n) is 9.38. The second-order valence-electron chi connectivity index (χ2n) is 8.67. The second kappa shape index (κ2) is 8.65. The smallest absolute Gasteiger partial charge is 0.330 e. The van der Waals surface area contributed by atoms with Crippen molar-refractivity contribution < 1.29 is 18.3 Å². The monoisotopic (exact) mass is 425 g/mol. The molecular formula is C19H28FN3O5Si. The van der Waals surface area contributed by atoms with Gasteiger partial charge in [-0.05, 0) is 25.1 Å². The molecule has 0 unspecified atom stereocenters. The van der Waals surface area contributed by atoms with E-state index in [9.17, 15) is 14.0 Å². The fourth-order valence-corrected chi connectivity index (χ4v) is 3.66. The van der Waals surface area contributed by atoms with Crippen LogP contribution in [0.5, 0.6) is 0 Å². The van der Waals surface area contributed by atoms with Crippen molar-refractivity contribution in [1.82, 2.24) is 9.55 Å². The summed E-state index contributed by atoms with van der Waals surface area (Å²) in [4.78, 5) is 26.1. The summed E-state index contributed by atoms with van der Waals surface area (Å²) >= 11 is 0. The molecule has 2 heterocycles. The zero-order valence-corrected chi connectivity index (χ0v) is 18.6. The molecule has 0 spiro atoms. The Kier molecular flexibility index (Phi) is 6.88. The molecule has 8 nitrogen and oxygen atoms in total. The lowest BCUT2D eigenvalue weighted by Gasteiger charge is -2.37. The van der Waals surface area contributed by atoms with Gasteiger partial charge in [-0.15, -0.1) is 0 Å². The van der Waals surface area contributed by atoms with Gasteiger partial charge in [0.15, 0.2) is 8.32 Å². The largest absolute Gasteiger partial charge is 0.491 e. The Balaban J connectivity index is 2.25. The van der Waals surface area contributed by atoms with E-state index in [0.29, 0.717) is 5.56 Å². The molecule has 0 aliphatic carbocycles. The Morgan fingerprint density at radius 2 is 2.14 bits per heavy atom. The minimum atomic E-state index is -2.08. The van der Waals surface area contributed by atoms with E-state index in [4.69, 9.17) is 19.2 Å². The summed E-state index contributed by atoms with van der Waals surface area (Å²) in [7, 11) is -2.08. The molecule has 29 heavy (non-hydrogen) atoms. The summed E-state index contributed by atoms with van der Waals surface area (Å²) in [5, 5.41) is 8.58. The number of aromatic nitrogens is 2.